The molecule has 4 heteroatoms. The van der Waals surface area contributed by atoms with E-state index in [0.717, 1.165) is 39.7 Å². The van der Waals surface area contributed by atoms with Crippen molar-refractivity contribution in [2.24, 2.45) is 11.8 Å². The Morgan fingerprint density at radius 2 is 1.14 bits per heavy atom. The van der Waals surface area contributed by atoms with Crippen molar-refractivity contribution in [1.82, 2.24) is 0 Å². The number of carbonyl (C=O) groups excluding carboxylic acids is 3. The van der Waals surface area contributed by atoms with E-state index in [1.165, 1.54) is 4.90 Å². The molecule has 2 atom stereocenters. The molecule has 1 saturated heterocycles. The van der Waals surface area contributed by atoms with Crippen LogP contribution in [0.25, 0.3) is 11.1 Å². The van der Waals surface area contributed by atoms with Crippen LogP contribution in [-0.4, -0.2) is 18.1 Å². The second-order valence-electron chi connectivity index (χ2n) is 10.1. The van der Waals surface area contributed by atoms with E-state index in [2.05, 4.69) is 6.92 Å². The normalized spacial score (nSPS) is 27.4. The van der Waals surface area contributed by atoms with Crippen LogP contribution in [-0.2, 0) is 25.2 Å². The maximum Gasteiger partial charge on any atom is 0.239 e. The standard InChI is InChI=1S/C32H23NO3/c1-31-22-14-6-8-16-24(22)32(19-34,25-17-9-7-15-23(25)31)28-27(31)29(35)33(30(28)36)26-18-10-5-13-21(26)20-11-3-2-4-12-20/h2-19,27-28H,1H3/t27-,28+,31?,32?/m1/s1. The number of hydrogen-bond acceptors (Lipinski definition) is 3. The Hall–Kier alpha value is -4.31. The van der Waals surface area contributed by atoms with E-state index >= 15 is 0 Å². The molecular weight excluding hydrogens is 446 g/mol. The lowest BCUT2D eigenvalue weighted by molar-refractivity contribution is -0.129. The highest BCUT2D eigenvalue weighted by molar-refractivity contribution is 6.26. The molecule has 3 aliphatic carbocycles. The molecule has 0 saturated carbocycles. The molecule has 4 nitrogen and oxygen atoms in total. The molecule has 1 heterocycles. The fourth-order valence-electron chi connectivity index (χ4n) is 7.23. The maximum absolute atomic E-state index is 14.4. The summed E-state index contributed by atoms with van der Waals surface area (Å²) < 4.78 is 0. The van der Waals surface area contributed by atoms with Gasteiger partial charge in [0.15, 0.2) is 0 Å². The van der Waals surface area contributed by atoms with Crippen molar-refractivity contribution in [1.29, 1.82) is 0 Å². The molecule has 1 fully saturated rings. The van der Waals surface area contributed by atoms with Gasteiger partial charge in [0.05, 0.1) is 22.9 Å². The molecule has 1 aliphatic heterocycles. The quantitative estimate of drug-likeness (QED) is 0.303. The number of carbonyl (C=O) groups is 3. The highest BCUT2D eigenvalue weighted by Crippen LogP contribution is 2.66. The molecule has 0 spiro atoms. The van der Waals surface area contributed by atoms with Crippen molar-refractivity contribution >= 4 is 23.8 Å². The molecule has 4 aromatic rings. The van der Waals surface area contributed by atoms with Gasteiger partial charge in [-0.1, -0.05) is 104 Å². The van der Waals surface area contributed by atoms with Crippen molar-refractivity contribution in [3.05, 3.63) is 125 Å². The van der Waals surface area contributed by atoms with E-state index in [-0.39, 0.29) is 11.8 Å². The zero-order chi connectivity index (χ0) is 24.7. The van der Waals surface area contributed by atoms with Gasteiger partial charge >= 0.3 is 0 Å². The van der Waals surface area contributed by atoms with Crippen LogP contribution in [0.15, 0.2) is 103 Å². The first-order valence-electron chi connectivity index (χ1n) is 12.2. The maximum atomic E-state index is 14.4. The topological polar surface area (TPSA) is 54.5 Å². The lowest BCUT2D eigenvalue weighted by atomic mass is 9.42. The van der Waals surface area contributed by atoms with Crippen LogP contribution in [0.4, 0.5) is 5.69 Å². The Labute approximate surface area is 209 Å². The van der Waals surface area contributed by atoms with Crippen molar-refractivity contribution in [3.63, 3.8) is 0 Å². The molecule has 4 aliphatic rings. The summed E-state index contributed by atoms with van der Waals surface area (Å²) in [5, 5.41) is 0. The number of aldehydes is 1. The first-order chi connectivity index (χ1) is 17.5. The van der Waals surface area contributed by atoms with Crippen molar-refractivity contribution in [2.45, 2.75) is 17.8 Å². The molecule has 36 heavy (non-hydrogen) atoms. The number of anilines is 1. The van der Waals surface area contributed by atoms with Gasteiger partial charge in [-0.2, -0.15) is 0 Å². The van der Waals surface area contributed by atoms with Crippen molar-refractivity contribution in [3.8, 4) is 11.1 Å². The van der Waals surface area contributed by atoms with Gasteiger partial charge in [-0.05, 0) is 33.9 Å². The number of imide groups is 1. The highest BCUT2D eigenvalue weighted by Gasteiger charge is 2.72. The van der Waals surface area contributed by atoms with Crippen LogP contribution in [0.2, 0.25) is 0 Å². The zero-order valence-corrected chi connectivity index (χ0v) is 19.7. The monoisotopic (exact) mass is 469 g/mol. The van der Waals surface area contributed by atoms with E-state index in [1.54, 1.807) is 0 Å². The number of rotatable bonds is 3. The first kappa shape index (κ1) is 21.0. The van der Waals surface area contributed by atoms with E-state index in [0.29, 0.717) is 5.69 Å². The molecule has 2 bridgehead atoms. The van der Waals surface area contributed by atoms with Gasteiger partial charge in [-0.25, -0.2) is 4.90 Å². The van der Waals surface area contributed by atoms with Gasteiger partial charge in [-0.3, -0.25) is 9.59 Å². The first-order valence-corrected chi connectivity index (χ1v) is 12.2. The van der Waals surface area contributed by atoms with E-state index in [9.17, 15) is 14.4 Å². The largest absolute Gasteiger partial charge is 0.302 e. The van der Waals surface area contributed by atoms with E-state index in [4.69, 9.17) is 0 Å². The van der Waals surface area contributed by atoms with Crippen LogP contribution in [0, 0.1) is 11.8 Å². The summed E-state index contributed by atoms with van der Waals surface area (Å²) >= 11 is 0. The fourth-order valence-corrected chi connectivity index (χ4v) is 7.23. The van der Waals surface area contributed by atoms with Crippen LogP contribution in [0.1, 0.15) is 29.2 Å². The van der Waals surface area contributed by atoms with E-state index in [1.807, 2.05) is 103 Å². The van der Waals surface area contributed by atoms with Crippen LogP contribution >= 0.6 is 0 Å². The molecule has 8 rings (SSSR count). The highest BCUT2D eigenvalue weighted by atomic mass is 16.2. The fraction of sp³-hybridized carbons (Fsp3) is 0.156. The third kappa shape index (κ3) is 2.27. The molecule has 0 radical (unpaired) electrons. The smallest absolute Gasteiger partial charge is 0.239 e. The van der Waals surface area contributed by atoms with Crippen LogP contribution < -0.4 is 4.90 Å². The minimum atomic E-state index is -1.21. The van der Waals surface area contributed by atoms with E-state index < -0.39 is 22.7 Å². The molecule has 4 aromatic carbocycles. The summed E-state index contributed by atoms with van der Waals surface area (Å²) in [5.74, 6) is -2.04. The SMILES string of the molecule is CC12c3ccccc3C(C=O)(c3ccccc31)[C@@H]1C(=O)N(c3ccccc3-c3ccccc3)C(=O)[C@@H]12. The Balaban J connectivity index is 1.51. The van der Waals surface area contributed by atoms with Crippen molar-refractivity contribution in [2.75, 3.05) is 4.90 Å². The Kier molecular flexibility index (Phi) is 4.15. The van der Waals surface area contributed by atoms with Gasteiger partial charge < -0.3 is 4.79 Å². The molecule has 0 unspecified atom stereocenters. The average Bonchev–Trinajstić information content (AvgIpc) is 3.21. The summed E-state index contributed by atoms with van der Waals surface area (Å²) in [6, 6.07) is 32.9. The van der Waals surface area contributed by atoms with Crippen LogP contribution in [0.3, 0.4) is 0 Å². The Morgan fingerprint density at radius 3 is 1.75 bits per heavy atom. The lowest BCUT2D eigenvalue weighted by Gasteiger charge is -2.56. The summed E-state index contributed by atoms with van der Waals surface area (Å²) in [4.78, 5) is 43.4. The summed E-state index contributed by atoms with van der Waals surface area (Å²) in [5.41, 5.74) is 3.94. The number of nitrogens with zero attached hydrogens (tertiary/aromatic N) is 1. The second kappa shape index (κ2) is 7.11. The lowest BCUT2D eigenvalue weighted by Crippen LogP contribution is -2.61. The van der Waals surface area contributed by atoms with Crippen molar-refractivity contribution < 1.29 is 14.4 Å². The molecule has 0 N–H and O–H groups in total. The number of para-hydroxylation sites is 1. The minimum Gasteiger partial charge on any atom is -0.302 e. The third-order valence-corrected chi connectivity index (χ3v) is 8.70. The summed E-state index contributed by atoms with van der Waals surface area (Å²) in [6.45, 7) is 2.06. The average molecular weight is 470 g/mol. The predicted octanol–water partition coefficient (Wildman–Crippen LogP) is 5.28. The van der Waals surface area contributed by atoms with Gasteiger partial charge in [0.2, 0.25) is 11.8 Å². The molecule has 2 amide bonds. The van der Waals surface area contributed by atoms with Gasteiger partial charge in [-0.15, -0.1) is 0 Å². The summed E-state index contributed by atoms with van der Waals surface area (Å²) in [7, 11) is 0. The number of benzene rings is 4. The number of hydrogen-bond donors (Lipinski definition) is 0. The van der Waals surface area contributed by atoms with Crippen LogP contribution in [0.5, 0.6) is 0 Å². The summed E-state index contributed by atoms with van der Waals surface area (Å²) in [6.07, 6.45) is 0.916. The van der Waals surface area contributed by atoms with Gasteiger partial charge in [0.25, 0.3) is 0 Å². The predicted molar refractivity (Wildman–Crippen MR) is 138 cm³/mol. The molecule has 0 aromatic heterocycles. The Morgan fingerprint density at radius 1 is 0.639 bits per heavy atom. The third-order valence-electron chi connectivity index (χ3n) is 8.70. The molecular formula is C32H23NO3. The Bertz CT molecular complexity index is 1540. The second-order valence-corrected chi connectivity index (χ2v) is 10.1. The van der Waals surface area contributed by atoms with Gasteiger partial charge in [0, 0.05) is 11.0 Å². The molecule has 174 valence electrons. The van der Waals surface area contributed by atoms with Gasteiger partial charge in [0.1, 0.15) is 6.29 Å². The zero-order valence-electron chi connectivity index (χ0n) is 19.7. The number of amides is 2. The minimum absolute atomic E-state index is 0.244.